The Balaban J connectivity index is 2.49. The SMILES string of the molecule is CCCc1c(CC)nn(-c2ccccc2)c1N. The number of nitrogens with two attached hydrogens (primary N) is 1. The highest BCUT2D eigenvalue weighted by molar-refractivity contribution is 5.50. The molecule has 2 rings (SSSR count). The zero-order valence-electron chi connectivity index (χ0n) is 10.5. The van der Waals surface area contributed by atoms with E-state index in [2.05, 4.69) is 18.9 Å². The fraction of sp³-hybridized carbons (Fsp3) is 0.357. The minimum atomic E-state index is 0.787. The number of benzene rings is 1. The van der Waals surface area contributed by atoms with E-state index < -0.39 is 0 Å². The molecule has 2 aromatic rings. The molecular formula is C14H19N3. The summed E-state index contributed by atoms with van der Waals surface area (Å²) < 4.78 is 1.85. The lowest BCUT2D eigenvalue weighted by atomic mass is 10.1. The number of nitrogens with zero attached hydrogens (tertiary/aromatic N) is 2. The van der Waals surface area contributed by atoms with Gasteiger partial charge in [-0.2, -0.15) is 5.10 Å². The van der Waals surface area contributed by atoms with Gasteiger partial charge in [0.1, 0.15) is 5.82 Å². The summed E-state index contributed by atoms with van der Waals surface area (Å²) in [7, 11) is 0. The molecule has 2 N–H and O–H groups in total. The van der Waals surface area contributed by atoms with Crippen LogP contribution in [0.2, 0.25) is 0 Å². The monoisotopic (exact) mass is 229 g/mol. The number of anilines is 1. The first-order valence-corrected chi connectivity index (χ1v) is 6.19. The quantitative estimate of drug-likeness (QED) is 0.876. The van der Waals surface area contributed by atoms with Crippen molar-refractivity contribution in [1.82, 2.24) is 9.78 Å². The summed E-state index contributed by atoms with van der Waals surface area (Å²) in [5, 5.41) is 4.61. The van der Waals surface area contributed by atoms with Gasteiger partial charge in [0.25, 0.3) is 0 Å². The van der Waals surface area contributed by atoms with E-state index in [1.54, 1.807) is 0 Å². The van der Waals surface area contributed by atoms with Crippen molar-refractivity contribution >= 4 is 5.82 Å². The molecule has 0 atom stereocenters. The number of para-hydroxylation sites is 1. The topological polar surface area (TPSA) is 43.8 Å². The molecule has 0 aliphatic carbocycles. The van der Waals surface area contributed by atoms with Crippen LogP contribution in [0.4, 0.5) is 5.82 Å². The van der Waals surface area contributed by atoms with Gasteiger partial charge < -0.3 is 5.73 Å². The average Bonchev–Trinajstić information content (AvgIpc) is 2.69. The van der Waals surface area contributed by atoms with Crippen LogP contribution in [-0.4, -0.2) is 9.78 Å². The predicted octanol–water partition coefficient (Wildman–Crippen LogP) is 2.97. The molecular weight excluding hydrogens is 210 g/mol. The number of aryl methyl sites for hydroxylation is 1. The van der Waals surface area contributed by atoms with E-state index in [0.29, 0.717) is 0 Å². The molecule has 3 heteroatoms. The number of hydrogen-bond donors (Lipinski definition) is 1. The van der Waals surface area contributed by atoms with Crippen molar-refractivity contribution in [2.75, 3.05) is 5.73 Å². The Morgan fingerprint density at radius 2 is 1.88 bits per heavy atom. The lowest BCUT2D eigenvalue weighted by Gasteiger charge is -2.04. The Morgan fingerprint density at radius 1 is 1.18 bits per heavy atom. The van der Waals surface area contributed by atoms with E-state index in [-0.39, 0.29) is 0 Å². The fourth-order valence-electron chi connectivity index (χ4n) is 2.08. The Kier molecular flexibility index (Phi) is 3.47. The number of hydrogen-bond acceptors (Lipinski definition) is 2. The molecule has 0 saturated carbocycles. The van der Waals surface area contributed by atoms with Gasteiger partial charge in [-0.1, -0.05) is 38.5 Å². The van der Waals surface area contributed by atoms with Gasteiger partial charge in [0.2, 0.25) is 0 Å². The molecule has 0 saturated heterocycles. The molecule has 1 aromatic heterocycles. The van der Waals surface area contributed by atoms with Crippen molar-refractivity contribution < 1.29 is 0 Å². The summed E-state index contributed by atoms with van der Waals surface area (Å²) in [5.74, 6) is 0.787. The first-order valence-electron chi connectivity index (χ1n) is 6.19. The second-order valence-corrected chi connectivity index (χ2v) is 4.16. The largest absolute Gasteiger partial charge is 0.383 e. The minimum Gasteiger partial charge on any atom is -0.383 e. The van der Waals surface area contributed by atoms with Crippen LogP contribution in [0.15, 0.2) is 30.3 Å². The van der Waals surface area contributed by atoms with Crippen LogP contribution in [0.25, 0.3) is 5.69 Å². The zero-order chi connectivity index (χ0) is 12.3. The summed E-state index contributed by atoms with van der Waals surface area (Å²) in [5.41, 5.74) is 9.55. The first-order chi connectivity index (χ1) is 8.27. The maximum atomic E-state index is 6.20. The summed E-state index contributed by atoms with van der Waals surface area (Å²) in [6.07, 6.45) is 3.03. The van der Waals surface area contributed by atoms with Gasteiger partial charge in [-0.25, -0.2) is 4.68 Å². The van der Waals surface area contributed by atoms with Crippen LogP contribution in [-0.2, 0) is 12.8 Å². The maximum absolute atomic E-state index is 6.20. The van der Waals surface area contributed by atoms with Gasteiger partial charge in [0, 0.05) is 5.56 Å². The van der Waals surface area contributed by atoms with Crippen molar-refractivity contribution in [3.63, 3.8) is 0 Å². The molecule has 0 spiro atoms. The van der Waals surface area contributed by atoms with Crippen LogP contribution in [0.5, 0.6) is 0 Å². The standard InChI is InChI=1S/C14H19N3/c1-3-8-12-13(4-2)16-17(14(12)15)11-9-6-5-7-10-11/h5-7,9-10H,3-4,8,15H2,1-2H3. The van der Waals surface area contributed by atoms with E-state index >= 15 is 0 Å². The van der Waals surface area contributed by atoms with Crippen LogP contribution in [0.3, 0.4) is 0 Å². The van der Waals surface area contributed by atoms with E-state index in [1.165, 1.54) is 5.56 Å². The minimum absolute atomic E-state index is 0.787. The van der Waals surface area contributed by atoms with Gasteiger partial charge in [-0.15, -0.1) is 0 Å². The van der Waals surface area contributed by atoms with Crippen molar-refractivity contribution in [3.8, 4) is 5.69 Å². The highest BCUT2D eigenvalue weighted by atomic mass is 15.3. The molecule has 3 nitrogen and oxygen atoms in total. The third kappa shape index (κ3) is 2.18. The molecule has 0 unspecified atom stereocenters. The van der Waals surface area contributed by atoms with Gasteiger partial charge in [-0.05, 0) is 25.0 Å². The zero-order valence-corrected chi connectivity index (χ0v) is 10.5. The Bertz CT molecular complexity index is 486. The second kappa shape index (κ2) is 5.04. The molecule has 90 valence electrons. The Labute approximate surface area is 102 Å². The van der Waals surface area contributed by atoms with Crippen molar-refractivity contribution in [1.29, 1.82) is 0 Å². The number of nitrogen functional groups attached to an aromatic ring is 1. The van der Waals surface area contributed by atoms with Crippen molar-refractivity contribution in [2.45, 2.75) is 33.1 Å². The van der Waals surface area contributed by atoms with Crippen LogP contribution in [0, 0.1) is 0 Å². The lowest BCUT2D eigenvalue weighted by Crippen LogP contribution is -2.02. The van der Waals surface area contributed by atoms with Crippen LogP contribution < -0.4 is 5.73 Å². The molecule has 17 heavy (non-hydrogen) atoms. The molecule has 0 radical (unpaired) electrons. The first kappa shape index (κ1) is 11.7. The van der Waals surface area contributed by atoms with Crippen LogP contribution >= 0.6 is 0 Å². The summed E-state index contributed by atoms with van der Waals surface area (Å²) >= 11 is 0. The molecule has 0 bridgehead atoms. The van der Waals surface area contributed by atoms with Gasteiger partial charge in [0.05, 0.1) is 11.4 Å². The Hall–Kier alpha value is -1.77. The van der Waals surface area contributed by atoms with Gasteiger partial charge >= 0.3 is 0 Å². The van der Waals surface area contributed by atoms with E-state index in [9.17, 15) is 0 Å². The molecule has 1 aromatic carbocycles. The number of aromatic nitrogens is 2. The van der Waals surface area contributed by atoms with E-state index in [1.807, 2.05) is 35.0 Å². The molecule has 0 aliphatic heterocycles. The normalized spacial score (nSPS) is 10.7. The van der Waals surface area contributed by atoms with E-state index in [4.69, 9.17) is 5.73 Å². The highest BCUT2D eigenvalue weighted by Crippen LogP contribution is 2.22. The van der Waals surface area contributed by atoms with Gasteiger partial charge in [0.15, 0.2) is 0 Å². The van der Waals surface area contributed by atoms with Crippen molar-refractivity contribution in [2.24, 2.45) is 0 Å². The summed E-state index contributed by atoms with van der Waals surface area (Å²) in [4.78, 5) is 0. The Morgan fingerprint density at radius 3 is 2.47 bits per heavy atom. The molecule has 0 fully saturated rings. The highest BCUT2D eigenvalue weighted by Gasteiger charge is 2.14. The maximum Gasteiger partial charge on any atom is 0.130 e. The summed E-state index contributed by atoms with van der Waals surface area (Å²) in [6, 6.07) is 10.1. The smallest absolute Gasteiger partial charge is 0.130 e. The molecule has 1 heterocycles. The molecule has 0 aliphatic rings. The average molecular weight is 229 g/mol. The van der Waals surface area contributed by atoms with Gasteiger partial charge in [-0.3, -0.25) is 0 Å². The van der Waals surface area contributed by atoms with Crippen LogP contribution in [0.1, 0.15) is 31.5 Å². The third-order valence-electron chi connectivity index (χ3n) is 2.94. The fourth-order valence-corrected chi connectivity index (χ4v) is 2.08. The van der Waals surface area contributed by atoms with E-state index in [0.717, 1.165) is 36.5 Å². The summed E-state index contributed by atoms with van der Waals surface area (Å²) in [6.45, 7) is 4.29. The number of rotatable bonds is 4. The lowest BCUT2D eigenvalue weighted by molar-refractivity contribution is 0.844. The molecule has 0 amide bonds. The third-order valence-corrected chi connectivity index (χ3v) is 2.94. The van der Waals surface area contributed by atoms with Crippen molar-refractivity contribution in [3.05, 3.63) is 41.6 Å². The predicted molar refractivity (Wildman–Crippen MR) is 71.3 cm³/mol. The second-order valence-electron chi connectivity index (χ2n) is 4.16.